The quantitative estimate of drug-likeness (QED) is 0.908. The molecule has 0 aliphatic rings. The van der Waals surface area contributed by atoms with Gasteiger partial charge in [0.15, 0.2) is 5.95 Å². The molecule has 0 aliphatic heterocycles. The molecule has 1 aromatic heterocycles. The van der Waals surface area contributed by atoms with Gasteiger partial charge in [0.05, 0.1) is 19.0 Å². The van der Waals surface area contributed by atoms with Crippen LogP contribution in [0.4, 0.5) is 5.95 Å². The molecule has 2 rings (SSSR count). The number of imidazole rings is 1. The molecule has 0 saturated heterocycles. The molecule has 0 amide bonds. The Hall–Kier alpha value is -1.68. The summed E-state index contributed by atoms with van der Waals surface area (Å²) in [4.78, 5) is 4.10. The number of methoxy groups -OCH3 is 1. The number of aromatic nitrogens is 2. The van der Waals surface area contributed by atoms with Crippen molar-refractivity contribution < 1.29 is 4.74 Å². The van der Waals surface area contributed by atoms with Crippen LogP contribution >= 0.6 is 11.6 Å². The molecule has 96 valence electrons. The van der Waals surface area contributed by atoms with Crippen molar-refractivity contribution >= 4 is 17.5 Å². The Kier molecular flexibility index (Phi) is 3.22. The van der Waals surface area contributed by atoms with E-state index in [4.69, 9.17) is 22.1 Å². The van der Waals surface area contributed by atoms with Crippen LogP contribution in [0.1, 0.15) is 11.1 Å². The Balaban J connectivity index is 2.78. The fourth-order valence-electron chi connectivity index (χ4n) is 2.06. The lowest BCUT2D eigenvalue weighted by molar-refractivity contribution is 0.415. The predicted molar refractivity (Wildman–Crippen MR) is 74.1 cm³/mol. The SMILES string of the molecule is COc1cc(C)c(Cl)c(C)c1-c1cnc(N)n1C. The maximum Gasteiger partial charge on any atom is 0.200 e. The second kappa shape index (κ2) is 4.53. The Bertz CT molecular complexity index is 605. The van der Waals surface area contributed by atoms with Gasteiger partial charge in [-0.25, -0.2) is 4.98 Å². The highest BCUT2D eigenvalue weighted by atomic mass is 35.5. The van der Waals surface area contributed by atoms with Crippen molar-refractivity contribution in [1.29, 1.82) is 0 Å². The predicted octanol–water partition coefficient (Wildman–Crippen LogP) is 2.95. The maximum absolute atomic E-state index is 6.30. The number of ether oxygens (including phenoxy) is 1. The van der Waals surface area contributed by atoms with Gasteiger partial charge in [0.2, 0.25) is 0 Å². The molecule has 2 N–H and O–H groups in total. The van der Waals surface area contributed by atoms with Gasteiger partial charge < -0.3 is 15.0 Å². The highest BCUT2D eigenvalue weighted by Crippen LogP contribution is 2.39. The third-order valence-corrected chi connectivity index (χ3v) is 3.73. The van der Waals surface area contributed by atoms with E-state index >= 15 is 0 Å². The van der Waals surface area contributed by atoms with Crippen LogP contribution in [-0.4, -0.2) is 16.7 Å². The first-order chi connectivity index (χ1) is 8.47. The molecule has 0 atom stereocenters. The molecule has 0 fully saturated rings. The van der Waals surface area contributed by atoms with Gasteiger partial charge in [0.25, 0.3) is 0 Å². The van der Waals surface area contributed by atoms with E-state index in [0.717, 1.165) is 33.2 Å². The minimum absolute atomic E-state index is 0.461. The van der Waals surface area contributed by atoms with E-state index in [0.29, 0.717) is 5.95 Å². The zero-order valence-electron chi connectivity index (χ0n) is 10.9. The van der Waals surface area contributed by atoms with Crippen molar-refractivity contribution in [3.8, 4) is 17.0 Å². The molecule has 0 aliphatic carbocycles. The van der Waals surface area contributed by atoms with Crippen LogP contribution in [0.25, 0.3) is 11.3 Å². The zero-order valence-corrected chi connectivity index (χ0v) is 11.7. The second-order valence-corrected chi connectivity index (χ2v) is 4.65. The molecule has 0 radical (unpaired) electrons. The number of anilines is 1. The summed E-state index contributed by atoms with van der Waals surface area (Å²) in [6.45, 7) is 3.93. The second-order valence-electron chi connectivity index (χ2n) is 4.27. The highest BCUT2D eigenvalue weighted by Gasteiger charge is 2.17. The molecular formula is C13H16ClN3O. The van der Waals surface area contributed by atoms with Crippen LogP contribution in [0.3, 0.4) is 0 Å². The molecule has 18 heavy (non-hydrogen) atoms. The van der Waals surface area contributed by atoms with Gasteiger partial charge in [-0.2, -0.15) is 0 Å². The fourth-order valence-corrected chi connectivity index (χ4v) is 2.21. The summed E-state index contributed by atoms with van der Waals surface area (Å²) in [6.07, 6.45) is 1.73. The number of rotatable bonds is 2. The first kappa shape index (κ1) is 12.8. The van der Waals surface area contributed by atoms with Crippen molar-refractivity contribution in [3.05, 3.63) is 28.4 Å². The molecule has 5 heteroatoms. The van der Waals surface area contributed by atoms with Gasteiger partial charge in [-0.1, -0.05) is 11.6 Å². The standard InChI is InChI=1S/C13H16ClN3O/c1-7-5-10(18-4)11(8(2)12(7)14)9-6-16-13(15)17(9)3/h5-6H,1-4H3,(H2,15,16). The topological polar surface area (TPSA) is 53.1 Å². The number of benzene rings is 1. The van der Waals surface area contributed by atoms with Crippen LogP contribution in [0, 0.1) is 13.8 Å². The van der Waals surface area contributed by atoms with Crippen molar-refractivity contribution in [2.75, 3.05) is 12.8 Å². The van der Waals surface area contributed by atoms with Crippen LogP contribution in [-0.2, 0) is 7.05 Å². The van der Waals surface area contributed by atoms with Crippen molar-refractivity contribution in [1.82, 2.24) is 9.55 Å². The lowest BCUT2D eigenvalue weighted by Gasteiger charge is -2.15. The average molecular weight is 266 g/mol. The normalized spacial score (nSPS) is 10.7. The van der Waals surface area contributed by atoms with Gasteiger partial charge in [-0.15, -0.1) is 0 Å². The van der Waals surface area contributed by atoms with E-state index in [1.54, 1.807) is 13.3 Å². The zero-order chi connectivity index (χ0) is 13.4. The van der Waals surface area contributed by atoms with E-state index in [1.165, 1.54) is 0 Å². The summed E-state index contributed by atoms with van der Waals surface area (Å²) in [5.41, 5.74) is 9.55. The van der Waals surface area contributed by atoms with Crippen LogP contribution in [0.2, 0.25) is 5.02 Å². The Morgan fingerprint density at radius 1 is 1.39 bits per heavy atom. The third kappa shape index (κ3) is 1.82. The van der Waals surface area contributed by atoms with Crippen molar-refractivity contribution in [3.63, 3.8) is 0 Å². The number of nitrogen functional groups attached to an aromatic ring is 1. The summed E-state index contributed by atoms with van der Waals surface area (Å²) < 4.78 is 7.26. The lowest BCUT2D eigenvalue weighted by Crippen LogP contribution is -2.01. The summed E-state index contributed by atoms with van der Waals surface area (Å²) >= 11 is 6.30. The molecule has 0 spiro atoms. The van der Waals surface area contributed by atoms with E-state index in [2.05, 4.69) is 4.98 Å². The van der Waals surface area contributed by atoms with Gasteiger partial charge in [0, 0.05) is 17.6 Å². The van der Waals surface area contributed by atoms with Crippen molar-refractivity contribution in [2.45, 2.75) is 13.8 Å². The smallest absolute Gasteiger partial charge is 0.200 e. The van der Waals surface area contributed by atoms with Gasteiger partial charge >= 0.3 is 0 Å². The van der Waals surface area contributed by atoms with Gasteiger partial charge in [-0.05, 0) is 31.0 Å². The number of hydrogen-bond acceptors (Lipinski definition) is 3. The van der Waals surface area contributed by atoms with E-state index in [9.17, 15) is 0 Å². The largest absolute Gasteiger partial charge is 0.496 e. The van der Waals surface area contributed by atoms with Crippen LogP contribution in [0.5, 0.6) is 5.75 Å². The third-order valence-electron chi connectivity index (χ3n) is 3.14. The number of nitrogens with zero attached hydrogens (tertiary/aromatic N) is 2. The Morgan fingerprint density at radius 3 is 2.56 bits per heavy atom. The molecule has 0 unspecified atom stereocenters. The van der Waals surface area contributed by atoms with Crippen LogP contribution in [0.15, 0.2) is 12.3 Å². The Labute approximate surface area is 111 Å². The van der Waals surface area contributed by atoms with Crippen LogP contribution < -0.4 is 10.5 Å². The summed E-state index contributed by atoms with van der Waals surface area (Å²) in [6, 6.07) is 1.92. The van der Waals surface area contributed by atoms with E-state index in [-0.39, 0.29) is 0 Å². The van der Waals surface area contributed by atoms with E-state index in [1.807, 2.05) is 31.5 Å². The summed E-state index contributed by atoms with van der Waals surface area (Å²) in [7, 11) is 3.51. The monoisotopic (exact) mass is 265 g/mol. The summed E-state index contributed by atoms with van der Waals surface area (Å²) in [5, 5.41) is 0.741. The highest BCUT2D eigenvalue weighted by molar-refractivity contribution is 6.32. The van der Waals surface area contributed by atoms with Gasteiger partial charge in [-0.3, -0.25) is 0 Å². The lowest BCUT2D eigenvalue weighted by atomic mass is 10.0. The Morgan fingerprint density at radius 2 is 2.06 bits per heavy atom. The van der Waals surface area contributed by atoms with Gasteiger partial charge in [0.1, 0.15) is 5.75 Å². The minimum atomic E-state index is 0.461. The first-order valence-electron chi connectivity index (χ1n) is 5.58. The molecule has 0 bridgehead atoms. The number of nitrogens with two attached hydrogens (primary N) is 1. The maximum atomic E-state index is 6.30. The minimum Gasteiger partial charge on any atom is -0.496 e. The molecule has 1 heterocycles. The van der Waals surface area contributed by atoms with Crippen molar-refractivity contribution in [2.24, 2.45) is 7.05 Å². The number of hydrogen-bond donors (Lipinski definition) is 1. The molecular weight excluding hydrogens is 250 g/mol. The molecule has 0 saturated carbocycles. The summed E-state index contributed by atoms with van der Waals surface area (Å²) in [5.74, 6) is 1.24. The number of halogens is 1. The average Bonchev–Trinajstić information content (AvgIpc) is 2.67. The number of aryl methyl sites for hydroxylation is 1. The molecule has 1 aromatic carbocycles. The molecule has 2 aromatic rings. The van der Waals surface area contributed by atoms with E-state index < -0.39 is 0 Å². The first-order valence-corrected chi connectivity index (χ1v) is 5.96. The molecule has 4 nitrogen and oxygen atoms in total. The fraction of sp³-hybridized carbons (Fsp3) is 0.308.